The summed E-state index contributed by atoms with van der Waals surface area (Å²) in [5, 5.41) is 11.8. The second-order valence-corrected chi connectivity index (χ2v) is 5.58. The highest BCUT2D eigenvalue weighted by Crippen LogP contribution is 2.15. The van der Waals surface area contributed by atoms with E-state index in [2.05, 4.69) is 15.0 Å². The molecule has 0 amide bonds. The van der Waals surface area contributed by atoms with E-state index in [-0.39, 0.29) is 17.7 Å². The first kappa shape index (κ1) is 15.7. The molecule has 116 valence electrons. The topological polar surface area (TPSA) is 65.1 Å². The molecule has 0 radical (unpaired) electrons. The van der Waals surface area contributed by atoms with E-state index in [1.165, 1.54) is 6.07 Å². The lowest BCUT2D eigenvalue weighted by atomic mass is 10.1. The lowest BCUT2D eigenvalue weighted by Crippen LogP contribution is -2.52. The van der Waals surface area contributed by atoms with Crippen molar-refractivity contribution >= 4 is 5.84 Å². The molecule has 1 atom stereocenters. The van der Waals surface area contributed by atoms with E-state index in [4.69, 9.17) is 10.9 Å². The van der Waals surface area contributed by atoms with Crippen LogP contribution in [0.4, 0.5) is 4.39 Å². The van der Waals surface area contributed by atoms with Crippen molar-refractivity contribution in [2.24, 2.45) is 10.9 Å². The van der Waals surface area contributed by atoms with Gasteiger partial charge in [-0.3, -0.25) is 9.80 Å². The number of oxime groups is 1. The number of nitrogens with two attached hydrogens (primary N) is 1. The Labute approximate surface area is 124 Å². The number of hydrogen-bond acceptors (Lipinski definition) is 4. The molecule has 1 aliphatic rings. The molecule has 1 heterocycles. The molecule has 2 rings (SSSR count). The minimum absolute atomic E-state index is 0.0512. The van der Waals surface area contributed by atoms with Crippen molar-refractivity contribution in [3.05, 3.63) is 35.1 Å². The van der Waals surface area contributed by atoms with E-state index in [1.807, 2.05) is 19.9 Å². The van der Waals surface area contributed by atoms with Gasteiger partial charge >= 0.3 is 0 Å². The molecule has 0 aromatic heterocycles. The third kappa shape index (κ3) is 3.92. The highest BCUT2D eigenvalue weighted by molar-refractivity contribution is 5.84. The molecule has 1 aromatic rings. The fraction of sp³-hybridized carbons (Fsp3) is 0.533. The molecule has 21 heavy (non-hydrogen) atoms. The van der Waals surface area contributed by atoms with Gasteiger partial charge in [0.1, 0.15) is 5.82 Å². The normalized spacial score (nSPS) is 19.7. The largest absolute Gasteiger partial charge is 0.409 e. The zero-order chi connectivity index (χ0) is 15.4. The zero-order valence-electron chi connectivity index (χ0n) is 12.6. The van der Waals surface area contributed by atoms with E-state index in [0.29, 0.717) is 0 Å². The minimum Gasteiger partial charge on any atom is -0.409 e. The lowest BCUT2D eigenvalue weighted by molar-refractivity contribution is 0.116. The maximum Gasteiger partial charge on any atom is 0.156 e. The number of halogens is 1. The first-order valence-electron chi connectivity index (χ1n) is 7.20. The van der Waals surface area contributed by atoms with Gasteiger partial charge in [-0.25, -0.2) is 4.39 Å². The summed E-state index contributed by atoms with van der Waals surface area (Å²) in [5.74, 6) is 0.0616. The number of piperazine rings is 1. The summed E-state index contributed by atoms with van der Waals surface area (Å²) in [7, 11) is 0. The molecule has 3 N–H and O–H groups in total. The molecule has 5 nitrogen and oxygen atoms in total. The summed E-state index contributed by atoms with van der Waals surface area (Å²) in [4.78, 5) is 4.54. The van der Waals surface area contributed by atoms with Crippen molar-refractivity contribution in [3.63, 3.8) is 0 Å². The highest BCUT2D eigenvalue weighted by atomic mass is 19.1. The Morgan fingerprint density at radius 3 is 2.62 bits per heavy atom. The summed E-state index contributed by atoms with van der Waals surface area (Å²) in [5.41, 5.74) is 7.80. The maximum absolute atomic E-state index is 13.1. The molecular weight excluding hydrogens is 271 g/mol. The van der Waals surface area contributed by atoms with Crippen LogP contribution < -0.4 is 5.73 Å². The van der Waals surface area contributed by atoms with Crippen molar-refractivity contribution in [1.29, 1.82) is 0 Å². The molecule has 1 aromatic carbocycles. The van der Waals surface area contributed by atoms with Gasteiger partial charge < -0.3 is 10.9 Å². The Hall–Kier alpha value is -1.66. The van der Waals surface area contributed by atoms with E-state index in [9.17, 15) is 4.39 Å². The van der Waals surface area contributed by atoms with Crippen LogP contribution in [0.25, 0.3) is 0 Å². The smallest absolute Gasteiger partial charge is 0.156 e. The Morgan fingerprint density at radius 2 is 2.05 bits per heavy atom. The van der Waals surface area contributed by atoms with Gasteiger partial charge in [0.15, 0.2) is 5.84 Å². The van der Waals surface area contributed by atoms with Crippen LogP contribution in [-0.4, -0.2) is 53.1 Å². The maximum atomic E-state index is 13.1. The Bertz CT molecular complexity index is 512. The van der Waals surface area contributed by atoms with Crippen molar-refractivity contribution in [2.45, 2.75) is 26.4 Å². The van der Waals surface area contributed by atoms with Gasteiger partial charge in [-0.05, 0) is 37.1 Å². The second kappa shape index (κ2) is 6.87. The molecule has 1 saturated heterocycles. The standard InChI is InChI=1S/C15H23FN4O/c1-11-9-14(16)4-3-13(11)10-19-5-7-20(8-6-19)12(2)15(17)18-21/h3-4,9,12,21H,5-8,10H2,1-2H3,(H2,17,18). The van der Waals surface area contributed by atoms with Crippen LogP contribution in [0, 0.1) is 12.7 Å². The first-order chi connectivity index (χ1) is 10.0. The van der Waals surface area contributed by atoms with Crippen LogP contribution in [0.1, 0.15) is 18.1 Å². The fourth-order valence-corrected chi connectivity index (χ4v) is 2.66. The number of amidine groups is 1. The molecule has 6 heteroatoms. The Balaban J connectivity index is 1.89. The number of hydrogen-bond donors (Lipinski definition) is 2. The summed E-state index contributed by atoms with van der Waals surface area (Å²) in [6.07, 6.45) is 0. The van der Waals surface area contributed by atoms with Crippen LogP contribution in [-0.2, 0) is 6.54 Å². The van der Waals surface area contributed by atoms with Gasteiger partial charge in [0.05, 0.1) is 6.04 Å². The van der Waals surface area contributed by atoms with Crippen molar-refractivity contribution in [3.8, 4) is 0 Å². The van der Waals surface area contributed by atoms with Gasteiger partial charge in [0.2, 0.25) is 0 Å². The molecular formula is C15H23FN4O. The first-order valence-corrected chi connectivity index (χ1v) is 7.20. The van der Waals surface area contributed by atoms with E-state index in [0.717, 1.165) is 43.9 Å². The summed E-state index contributed by atoms with van der Waals surface area (Å²) in [6, 6.07) is 4.89. The molecule has 1 aliphatic heterocycles. The average molecular weight is 294 g/mol. The predicted octanol–water partition coefficient (Wildman–Crippen LogP) is 1.39. The number of rotatable bonds is 4. The Morgan fingerprint density at radius 1 is 1.38 bits per heavy atom. The fourth-order valence-electron chi connectivity index (χ4n) is 2.66. The molecule has 1 unspecified atom stereocenters. The van der Waals surface area contributed by atoms with Gasteiger partial charge in [0, 0.05) is 32.7 Å². The number of benzene rings is 1. The zero-order valence-corrected chi connectivity index (χ0v) is 12.6. The SMILES string of the molecule is Cc1cc(F)ccc1CN1CCN(C(C)/C(N)=N/O)CC1. The molecule has 0 aliphatic carbocycles. The van der Waals surface area contributed by atoms with Crippen molar-refractivity contribution in [1.82, 2.24) is 9.80 Å². The van der Waals surface area contributed by atoms with Gasteiger partial charge in [-0.1, -0.05) is 11.2 Å². The van der Waals surface area contributed by atoms with Gasteiger partial charge in [0.25, 0.3) is 0 Å². The number of aryl methyl sites for hydroxylation is 1. The summed E-state index contributed by atoms with van der Waals surface area (Å²) in [6.45, 7) is 8.29. The van der Waals surface area contributed by atoms with E-state index in [1.54, 1.807) is 6.07 Å². The molecule has 0 bridgehead atoms. The van der Waals surface area contributed by atoms with Crippen molar-refractivity contribution < 1.29 is 9.60 Å². The van der Waals surface area contributed by atoms with Gasteiger partial charge in [-0.2, -0.15) is 0 Å². The van der Waals surface area contributed by atoms with Gasteiger partial charge in [-0.15, -0.1) is 0 Å². The minimum atomic E-state index is -0.186. The van der Waals surface area contributed by atoms with Crippen LogP contribution >= 0.6 is 0 Å². The molecule has 0 saturated carbocycles. The summed E-state index contributed by atoms with van der Waals surface area (Å²) >= 11 is 0. The lowest BCUT2D eigenvalue weighted by Gasteiger charge is -2.37. The predicted molar refractivity (Wildman–Crippen MR) is 80.9 cm³/mol. The monoisotopic (exact) mass is 294 g/mol. The highest BCUT2D eigenvalue weighted by Gasteiger charge is 2.23. The van der Waals surface area contributed by atoms with Crippen molar-refractivity contribution in [2.75, 3.05) is 26.2 Å². The van der Waals surface area contributed by atoms with E-state index < -0.39 is 0 Å². The van der Waals surface area contributed by atoms with Crippen LogP contribution in [0.15, 0.2) is 23.4 Å². The second-order valence-electron chi connectivity index (χ2n) is 5.58. The quantitative estimate of drug-likeness (QED) is 0.381. The van der Waals surface area contributed by atoms with Crippen LogP contribution in [0.2, 0.25) is 0 Å². The van der Waals surface area contributed by atoms with Crippen LogP contribution in [0.5, 0.6) is 0 Å². The summed E-state index contributed by atoms with van der Waals surface area (Å²) < 4.78 is 13.1. The molecule has 1 fully saturated rings. The molecule has 0 spiro atoms. The van der Waals surface area contributed by atoms with E-state index >= 15 is 0 Å². The average Bonchev–Trinajstić information content (AvgIpc) is 2.49. The third-order valence-corrected chi connectivity index (χ3v) is 4.20. The third-order valence-electron chi connectivity index (χ3n) is 4.20. The number of nitrogens with zero attached hydrogens (tertiary/aromatic N) is 3. The van der Waals surface area contributed by atoms with Crippen LogP contribution in [0.3, 0.4) is 0 Å². The Kier molecular flexibility index (Phi) is 5.14.